The monoisotopic (exact) mass is 356 g/mol. The first-order valence-corrected chi connectivity index (χ1v) is 8.81. The minimum atomic E-state index is 0.750. The van der Waals surface area contributed by atoms with Gasteiger partial charge >= 0.3 is 0 Å². The van der Waals surface area contributed by atoms with Gasteiger partial charge in [-0.25, -0.2) is 0 Å². The van der Waals surface area contributed by atoms with E-state index in [1.807, 2.05) is 135 Å². The van der Waals surface area contributed by atoms with E-state index in [0.29, 0.717) is 0 Å². The van der Waals surface area contributed by atoms with Crippen LogP contribution in [0.4, 0.5) is 0 Å². The Morgan fingerprint density at radius 3 is 0.667 bits per heavy atom. The number of hydrogen-bond donors (Lipinski definition) is 0. The molecule has 0 fully saturated rings. The minimum Gasteiger partial charge on any atom is -0.299 e. The van der Waals surface area contributed by atoms with Crippen molar-refractivity contribution < 1.29 is 4.79 Å². The zero-order valence-corrected chi connectivity index (χ0v) is 15.8. The summed E-state index contributed by atoms with van der Waals surface area (Å²) in [7, 11) is 0. The first-order chi connectivity index (χ1) is 13.4. The molecule has 27 heavy (non-hydrogen) atoms. The van der Waals surface area contributed by atoms with Gasteiger partial charge in [-0.15, -0.1) is 0 Å². The fourth-order valence-corrected chi connectivity index (χ4v) is 1.50. The number of rotatable bonds is 12. The van der Waals surface area contributed by atoms with Crippen molar-refractivity contribution in [2.24, 2.45) is 0 Å². The maximum absolute atomic E-state index is 10.0. The van der Waals surface area contributed by atoms with Crippen LogP contribution in [0.2, 0.25) is 0 Å². The Labute approximate surface area is 164 Å². The van der Waals surface area contributed by atoms with E-state index >= 15 is 0 Å². The molecule has 0 rings (SSSR count). The summed E-state index contributed by atoms with van der Waals surface area (Å²) in [4.78, 5) is 10.0. The first kappa shape index (κ1) is 23.5. The van der Waals surface area contributed by atoms with Crippen LogP contribution in [-0.2, 0) is 4.79 Å². The summed E-state index contributed by atoms with van der Waals surface area (Å²) in [5.41, 5.74) is 0. The van der Waals surface area contributed by atoms with E-state index in [1.54, 1.807) is 12.2 Å². The molecule has 0 saturated carbocycles. The van der Waals surface area contributed by atoms with Gasteiger partial charge < -0.3 is 0 Å². The van der Waals surface area contributed by atoms with Crippen molar-refractivity contribution in [3.05, 3.63) is 146 Å². The molecule has 0 aromatic rings. The second kappa shape index (κ2) is 22.6. The lowest BCUT2D eigenvalue weighted by Crippen LogP contribution is -1.56. The lowest BCUT2D eigenvalue weighted by atomic mass is 10.3. The van der Waals surface area contributed by atoms with E-state index in [9.17, 15) is 4.79 Å². The van der Waals surface area contributed by atoms with Gasteiger partial charge in [-0.3, -0.25) is 4.79 Å². The second-order valence-corrected chi connectivity index (χ2v) is 4.90. The van der Waals surface area contributed by atoms with Crippen LogP contribution < -0.4 is 0 Å². The highest BCUT2D eigenvalue weighted by Gasteiger charge is 1.66. The average molecular weight is 357 g/mol. The fourth-order valence-electron chi connectivity index (χ4n) is 1.50. The number of aldehydes is 1. The van der Waals surface area contributed by atoms with E-state index in [4.69, 9.17) is 0 Å². The molecule has 138 valence electrons. The summed E-state index contributed by atoms with van der Waals surface area (Å²) in [5, 5.41) is 0. The summed E-state index contributed by atoms with van der Waals surface area (Å²) in [6.07, 6.45) is 47.0. The molecular weight excluding hydrogens is 328 g/mol. The average Bonchev–Trinajstić information content (AvgIpc) is 2.68. The first-order valence-electron chi connectivity index (χ1n) is 8.81. The molecule has 0 aliphatic carbocycles. The van der Waals surface area contributed by atoms with Crippen LogP contribution in [0.3, 0.4) is 0 Å². The Bertz CT molecular complexity index is 709. The predicted molar refractivity (Wildman–Crippen MR) is 121 cm³/mol. The lowest BCUT2D eigenvalue weighted by molar-refractivity contribution is -0.104. The van der Waals surface area contributed by atoms with Gasteiger partial charge in [0.25, 0.3) is 0 Å². The van der Waals surface area contributed by atoms with Gasteiger partial charge in [0.15, 0.2) is 0 Å². The summed E-state index contributed by atoms with van der Waals surface area (Å²) in [5.74, 6) is 0. The summed E-state index contributed by atoms with van der Waals surface area (Å²) < 4.78 is 0. The molecule has 1 nitrogen and oxygen atoms in total. The predicted octanol–water partition coefficient (Wildman–Crippen LogP) is 6.88. The van der Waals surface area contributed by atoms with E-state index in [2.05, 4.69) is 0 Å². The number of hydrogen-bond acceptors (Lipinski definition) is 1. The molecule has 0 radical (unpaired) electrons. The fraction of sp³-hybridized carbons (Fsp3) is 0.0385. The molecule has 0 aliphatic rings. The van der Waals surface area contributed by atoms with Crippen molar-refractivity contribution in [3.63, 3.8) is 0 Å². The van der Waals surface area contributed by atoms with Crippen molar-refractivity contribution in [1.82, 2.24) is 0 Å². The van der Waals surface area contributed by atoms with Gasteiger partial charge in [0.05, 0.1) is 0 Å². The normalized spacial score (nSPS) is 14.7. The third-order valence-corrected chi connectivity index (χ3v) is 2.72. The van der Waals surface area contributed by atoms with Gasteiger partial charge in [0, 0.05) is 0 Å². The van der Waals surface area contributed by atoms with Crippen LogP contribution in [0.15, 0.2) is 146 Å². The maximum Gasteiger partial charge on any atom is 0.142 e. The molecule has 0 unspecified atom stereocenters. The van der Waals surface area contributed by atoms with E-state index in [-0.39, 0.29) is 0 Å². The molecule has 0 bridgehead atoms. The molecule has 0 spiro atoms. The Hall–Kier alpha value is -3.45. The van der Waals surface area contributed by atoms with E-state index < -0.39 is 0 Å². The van der Waals surface area contributed by atoms with Crippen LogP contribution in [0.25, 0.3) is 0 Å². The van der Waals surface area contributed by atoms with Gasteiger partial charge in [-0.05, 0) is 13.0 Å². The van der Waals surface area contributed by atoms with Crippen LogP contribution in [0.5, 0.6) is 0 Å². The molecule has 0 amide bonds. The molecule has 0 saturated heterocycles. The van der Waals surface area contributed by atoms with E-state index in [0.717, 1.165) is 6.29 Å². The smallest absolute Gasteiger partial charge is 0.142 e. The molecule has 0 aromatic carbocycles. The number of carbonyl (C=O) groups excluding carboxylic acids is 1. The molecule has 0 atom stereocenters. The van der Waals surface area contributed by atoms with Crippen LogP contribution in [0.1, 0.15) is 6.92 Å². The zero-order valence-electron chi connectivity index (χ0n) is 15.8. The Balaban J connectivity index is 3.94. The highest BCUT2D eigenvalue weighted by molar-refractivity contribution is 5.65. The summed E-state index contributed by atoms with van der Waals surface area (Å²) in [6.45, 7) is 1.99. The maximum atomic E-state index is 10.0. The Kier molecular flexibility index (Phi) is 19.7. The molecule has 0 heterocycles. The standard InChI is InChI=1S/C26H28O/c1-2-3-4-5-6-7-8-9-10-11-12-13-14-15-16-17-18-19-20-21-22-23-24-25-26-27/h2-26H,1H3/b3-2+,5-4+,7-6+,9-8+,11-10+,13-12+,15-14+,17-16+,19-18+,21-20+,23-22+,25-24+. The van der Waals surface area contributed by atoms with Crippen molar-refractivity contribution in [3.8, 4) is 0 Å². The second-order valence-electron chi connectivity index (χ2n) is 4.90. The highest BCUT2D eigenvalue weighted by Crippen LogP contribution is 1.87. The summed E-state index contributed by atoms with van der Waals surface area (Å²) >= 11 is 0. The Morgan fingerprint density at radius 2 is 0.481 bits per heavy atom. The van der Waals surface area contributed by atoms with Crippen molar-refractivity contribution in [2.75, 3.05) is 0 Å². The zero-order chi connectivity index (χ0) is 19.7. The van der Waals surface area contributed by atoms with Crippen LogP contribution in [-0.4, -0.2) is 6.29 Å². The lowest BCUT2D eigenvalue weighted by Gasteiger charge is -1.76. The molecule has 0 aliphatic heterocycles. The third-order valence-electron chi connectivity index (χ3n) is 2.72. The van der Waals surface area contributed by atoms with Crippen LogP contribution in [0, 0.1) is 0 Å². The van der Waals surface area contributed by atoms with Crippen LogP contribution >= 0.6 is 0 Å². The van der Waals surface area contributed by atoms with Gasteiger partial charge in [-0.2, -0.15) is 0 Å². The third kappa shape index (κ3) is 22.6. The molecule has 0 N–H and O–H groups in total. The topological polar surface area (TPSA) is 17.1 Å². The van der Waals surface area contributed by atoms with Crippen molar-refractivity contribution in [2.45, 2.75) is 6.92 Å². The van der Waals surface area contributed by atoms with Gasteiger partial charge in [-0.1, -0.05) is 140 Å². The SMILES string of the molecule is C/C=C/C=C/C=C/C=C/C=C/C=C/C=C/C=C/C=C/C=C/C=C/C=C/C=O. The summed E-state index contributed by atoms with van der Waals surface area (Å²) in [6, 6.07) is 0. The molecule has 0 aromatic heterocycles. The number of allylic oxidation sites excluding steroid dienone is 24. The minimum absolute atomic E-state index is 0.750. The van der Waals surface area contributed by atoms with Crippen molar-refractivity contribution >= 4 is 6.29 Å². The molecule has 1 heteroatoms. The molecular formula is C26H28O. The quantitative estimate of drug-likeness (QED) is 0.212. The highest BCUT2D eigenvalue weighted by atomic mass is 16.1. The Morgan fingerprint density at radius 1 is 0.296 bits per heavy atom. The van der Waals surface area contributed by atoms with E-state index in [1.165, 1.54) is 6.08 Å². The number of carbonyl (C=O) groups is 1. The largest absolute Gasteiger partial charge is 0.299 e. The van der Waals surface area contributed by atoms with Gasteiger partial charge in [0.1, 0.15) is 6.29 Å². The van der Waals surface area contributed by atoms with Gasteiger partial charge in [0.2, 0.25) is 0 Å². The van der Waals surface area contributed by atoms with Crippen molar-refractivity contribution in [1.29, 1.82) is 0 Å².